The third kappa shape index (κ3) is 4.32. The highest BCUT2D eigenvalue weighted by Crippen LogP contribution is 2.25. The fourth-order valence-corrected chi connectivity index (χ4v) is 2.14. The second kappa shape index (κ2) is 7.59. The maximum Gasteiger partial charge on any atom is 0.124 e. The fraction of sp³-hybridized carbons (Fsp3) is 0.333. The second-order valence-electron chi connectivity index (χ2n) is 5.22. The van der Waals surface area contributed by atoms with Gasteiger partial charge in [0.1, 0.15) is 17.2 Å². The van der Waals surface area contributed by atoms with Crippen molar-refractivity contribution in [2.45, 2.75) is 26.5 Å². The average Bonchev–Trinajstić information content (AvgIpc) is 2.53. The van der Waals surface area contributed by atoms with E-state index in [-0.39, 0.29) is 6.10 Å². The Bertz CT molecular complexity index is 594. The van der Waals surface area contributed by atoms with Crippen molar-refractivity contribution >= 4 is 5.69 Å². The van der Waals surface area contributed by atoms with Crippen LogP contribution in [0.25, 0.3) is 0 Å². The van der Waals surface area contributed by atoms with Gasteiger partial charge in [-0.2, -0.15) is 0 Å². The Hall–Kier alpha value is -2.36. The molecule has 0 radical (unpaired) electrons. The van der Waals surface area contributed by atoms with E-state index < -0.39 is 0 Å². The maximum atomic E-state index is 5.63. The van der Waals surface area contributed by atoms with E-state index in [0.29, 0.717) is 6.54 Å². The Morgan fingerprint density at radius 1 is 0.909 bits per heavy atom. The van der Waals surface area contributed by atoms with Gasteiger partial charge in [-0.1, -0.05) is 0 Å². The highest BCUT2D eigenvalue weighted by molar-refractivity contribution is 5.49. The van der Waals surface area contributed by atoms with E-state index in [2.05, 4.69) is 5.32 Å². The average molecular weight is 301 g/mol. The zero-order valence-corrected chi connectivity index (χ0v) is 13.6. The molecular weight excluding hydrogens is 278 g/mol. The number of anilines is 1. The van der Waals surface area contributed by atoms with Crippen LogP contribution in [0.3, 0.4) is 0 Å². The predicted molar refractivity (Wildman–Crippen MR) is 89.1 cm³/mol. The molecule has 118 valence electrons. The lowest BCUT2D eigenvalue weighted by molar-refractivity contribution is 0.242. The molecule has 2 rings (SSSR count). The smallest absolute Gasteiger partial charge is 0.124 e. The zero-order chi connectivity index (χ0) is 15.9. The van der Waals surface area contributed by atoms with Crippen molar-refractivity contribution in [3.05, 3.63) is 48.0 Å². The summed E-state index contributed by atoms with van der Waals surface area (Å²) in [5.41, 5.74) is 2.07. The lowest BCUT2D eigenvalue weighted by Crippen LogP contribution is -2.05. The molecule has 0 fully saturated rings. The van der Waals surface area contributed by atoms with Gasteiger partial charge in [0.25, 0.3) is 0 Å². The third-order valence-corrected chi connectivity index (χ3v) is 3.20. The number of nitrogens with one attached hydrogen (secondary N) is 1. The third-order valence-electron chi connectivity index (χ3n) is 3.20. The van der Waals surface area contributed by atoms with E-state index in [1.165, 1.54) is 0 Å². The molecule has 1 N–H and O–H groups in total. The van der Waals surface area contributed by atoms with Gasteiger partial charge in [0.05, 0.1) is 20.3 Å². The summed E-state index contributed by atoms with van der Waals surface area (Å²) in [5, 5.41) is 3.38. The van der Waals surface area contributed by atoms with Crippen LogP contribution >= 0.6 is 0 Å². The highest BCUT2D eigenvalue weighted by Gasteiger charge is 2.05. The molecule has 0 unspecified atom stereocenters. The number of benzene rings is 2. The van der Waals surface area contributed by atoms with Crippen LogP contribution in [-0.4, -0.2) is 20.3 Å². The van der Waals surface area contributed by atoms with Gasteiger partial charge in [0.15, 0.2) is 0 Å². The van der Waals surface area contributed by atoms with Gasteiger partial charge < -0.3 is 19.5 Å². The van der Waals surface area contributed by atoms with Crippen LogP contribution in [0.15, 0.2) is 42.5 Å². The van der Waals surface area contributed by atoms with Crippen molar-refractivity contribution in [1.82, 2.24) is 0 Å². The van der Waals surface area contributed by atoms with Crippen molar-refractivity contribution in [3.63, 3.8) is 0 Å². The van der Waals surface area contributed by atoms with Gasteiger partial charge in [-0.05, 0) is 56.3 Å². The number of hydrogen-bond acceptors (Lipinski definition) is 4. The van der Waals surface area contributed by atoms with Crippen molar-refractivity contribution in [1.29, 1.82) is 0 Å². The Morgan fingerprint density at radius 2 is 1.59 bits per heavy atom. The van der Waals surface area contributed by atoms with Gasteiger partial charge in [0.2, 0.25) is 0 Å². The van der Waals surface area contributed by atoms with Crippen molar-refractivity contribution in [3.8, 4) is 17.2 Å². The Balaban J connectivity index is 2.03. The van der Waals surface area contributed by atoms with Crippen LogP contribution in [-0.2, 0) is 6.54 Å². The summed E-state index contributed by atoms with van der Waals surface area (Å²) in [6.45, 7) is 4.69. The molecule has 0 bridgehead atoms. The van der Waals surface area contributed by atoms with Crippen LogP contribution in [0.4, 0.5) is 5.69 Å². The molecule has 0 heterocycles. The van der Waals surface area contributed by atoms with Crippen LogP contribution in [0.1, 0.15) is 19.4 Å². The Labute approximate surface area is 132 Å². The molecule has 0 spiro atoms. The van der Waals surface area contributed by atoms with Crippen LogP contribution in [0, 0.1) is 0 Å². The number of methoxy groups -OCH3 is 2. The largest absolute Gasteiger partial charge is 0.497 e. The van der Waals surface area contributed by atoms with Crippen LogP contribution in [0.2, 0.25) is 0 Å². The minimum atomic E-state index is 0.180. The molecule has 0 aliphatic rings. The van der Waals surface area contributed by atoms with Gasteiger partial charge in [0, 0.05) is 17.8 Å². The predicted octanol–water partition coefficient (Wildman–Crippen LogP) is 4.10. The summed E-state index contributed by atoms with van der Waals surface area (Å²) in [7, 11) is 3.33. The molecule has 0 aliphatic heterocycles. The summed E-state index contributed by atoms with van der Waals surface area (Å²) in [5.74, 6) is 2.53. The quantitative estimate of drug-likeness (QED) is 0.835. The minimum absolute atomic E-state index is 0.180. The fourth-order valence-electron chi connectivity index (χ4n) is 2.14. The van der Waals surface area contributed by atoms with E-state index in [1.807, 2.05) is 56.3 Å². The molecule has 2 aromatic rings. The maximum absolute atomic E-state index is 5.63. The van der Waals surface area contributed by atoms with Crippen molar-refractivity contribution in [2.24, 2.45) is 0 Å². The summed E-state index contributed by atoms with van der Waals surface area (Å²) >= 11 is 0. The molecule has 0 amide bonds. The molecule has 0 saturated heterocycles. The first kappa shape index (κ1) is 16.0. The minimum Gasteiger partial charge on any atom is -0.497 e. The Morgan fingerprint density at radius 3 is 2.18 bits per heavy atom. The zero-order valence-electron chi connectivity index (χ0n) is 13.6. The molecule has 22 heavy (non-hydrogen) atoms. The molecule has 0 aliphatic carbocycles. The lowest BCUT2D eigenvalue weighted by Gasteiger charge is -2.13. The number of ether oxygens (including phenoxy) is 3. The van der Waals surface area contributed by atoms with Gasteiger partial charge in [-0.3, -0.25) is 0 Å². The number of rotatable bonds is 7. The van der Waals surface area contributed by atoms with E-state index in [4.69, 9.17) is 14.2 Å². The number of hydrogen-bond donors (Lipinski definition) is 1. The molecule has 4 heteroatoms. The van der Waals surface area contributed by atoms with Gasteiger partial charge in [-0.15, -0.1) is 0 Å². The van der Waals surface area contributed by atoms with E-state index in [9.17, 15) is 0 Å². The van der Waals surface area contributed by atoms with E-state index >= 15 is 0 Å². The first-order chi connectivity index (χ1) is 10.6. The topological polar surface area (TPSA) is 39.7 Å². The van der Waals surface area contributed by atoms with Crippen molar-refractivity contribution in [2.75, 3.05) is 19.5 Å². The Kier molecular flexibility index (Phi) is 5.53. The standard InChI is InChI=1S/C18H23NO3/c1-13(2)22-16-7-5-15(6-8-16)19-12-14-11-17(20-3)9-10-18(14)21-4/h5-11,13,19H,12H2,1-4H3. The first-order valence-electron chi connectivity index (χ1n) is 7.34. The van der Waals surface area contributed by atoms with Crippen LogP contribution < -0.4 is 19.5 Å². The molecule has 2 aromatic carbocycles. The van der Waals surface area contributed by atoms with E-state index in [1.54, 1.807) is 14.2 Å². The van der Waals surface area contributed by atoms with Gasteiger partial charge in [-0.25, -0.2) is 0 Å². The normalized spacial score (nSPS) is 10.4. The van der Waals surface area contributed by atoms with Gasteiger partial charge >= 0.3 is 0 Å². The summed E-state index contributed by atoms with van der Waals surface area (Å²) in [6, 6.07) is 13.7. The van der Waals surface area contributed by atoms with Crippen molar-refractivity contribution < 1.29 is 14.2 Å². The summed E-state index contributed by atoms with van der Waals surface area (Å²) in [6.07, 6.45) is 0.180. The molecule has 0 aromatic heterocycles. The van der Waals surface area contributed by atoms with Crippen LogP contribution in [0.5, 0.6) is 17.2 Å². The summed E-state index contributed by atoms with van der Waals surface area (Å²) in [4.78, 5) is 0. The molecular formula is C18H23NO3. The molecule has 4 nitrogen and oxygen atoms in total. The summed E-state index contributed by atoms with van der Waals surface area (Å²) < 4.78 is 16.3. The first-order valence-corrected chi connectivity index (χ1v) is 7.34. The molecule has 0 saturated carbocycles. The second-order valence-corrected chi connectivity index (χ2v) is 5.22. The SMILES string of the molecule is COc1ccc(OC)c(CNc2ccc(OC(C)C)cc2)c1. The molecule has 0 atom stereocenters. The van der Waals surface area contributed by atoms with E-state index in [0.717, 1.165) is 28.5 Å². The lowest BCUT2D eigenvalue weighted by atomic mass is 10.2. The highest BCUT2D eigenvalue weighted by atomic mass is 16.5. The monoisotopic (exact) mass is 301 g/mol.